The van der Waals surface area contributed by atoms with Gasteiger partial charge in [0.2, 0.25) is 0 Å². The molecule has 0 saturated heterocycles. The second-order valence-electron chi connectivity index (χ2n) is 5.15. The van der Waals surface area contributed by atoms with Gasteiger partial charge in [-0.3, -0.25) is 9.59 Å². The summed E-state index contributed by atoms with van der Waals surface area (Å²) in [6.45, 7) is 1.54. The van der Waals surface area contributed by atoms with E-state index in [0.29, 0.717) is 17.1 Å². The van der Waals surface area contributed by atoms with E-state index in [-0.39, 0.29) is 18.9 Å². The number of amides is 1. The quantitative estimate of drug-likeness (QED) is 0.820. The largest absolute Gasteiger partial charge is 0.456 e. The zero-order chi connectivity index (χ0) is 16.7. The van der Waals surface area contributed by atoms with E-state index >= 15 is 0 Å². The summed E-state index contributed by atoms with van der Waals surface area (Å²) in [4.78, 5) is 23.5. The number of halogens is 1. The van der Waals surface area contributed by atoms with Crippen LogP contribution in [-0.4, -0.2) is 18.5 Å². The topological polar surface area (TPSA) is 55.4 Å². The van der Waals surface area contributed by atoms with Crippen LogP contribution in [0.15, 0.2) is 48.5 Å². The number of anilines is 1. The summed E-state index contributed by atoms with van der Waals surface area (Å²) in [7, 11) is 0. The fraction of sp³-hybridized carbons (Fsp3) is 0.222. The van der Waals surface area contributed by atoms with Gasteiger partial charge in [-0.1, -0.05) is 41.9 Å². The number of hydrogen-bond donors (Lipinski definition) is 1. The molecular formula is C18H18ClNO3. The van der Waals surface area contributed by atoms with Gasteiger partial charge in [0, 0.05) is 17.1 Å². The van der Waals surface area contributed by atoms with Gasteiger partial charge in [-0.2, -0.15) is 0 Å². The molecule has 0 unspecified atom stereocenters. The Morgan fingerprint density at radius 2 is 1.87 bits per heavy atom. The standard InChI is InChI=1S/C18H18ClNO3/c1-13-11-15(19)8-9-16(13)20-17(21)12-23-18(22)10-7-14-5-3-2-4-6-14/h2-6,8-9,11H,7,10,12H2,1H3,(H,20,21). The second kappa shape index (κ2) is 8.34. The first-order valence-corrected chi connectivity index (χ1v) is 7.68. The van der Waals surface area contributed by atoms with Gasteiger partial charge in [0.1, 0.15) is 0 Å². The van der Waals surface area contributed by atoms with E-state index in [1.165, 1.54) is 0 Å². The summed E-state index contributed by atoms with van der Waals surface area (Å²) >= 11 is 5.86. The summed E-state index contributed by atoms with van der Waals surface area (Å²) in [5, 5.41) is 3.30. The minimum atomic E-state index is -0.392. The molecule has 0 spiro atoms. The molecule has 0 aliphatic heterocycles. The number of benzene rings is 2. The van der Waals surface area contributed by atoms with Gasteiger partial charge in [0.15, 0.2) is 6.61 Å². The molecule has 0 atom stereocenters. The molecule has 0 heterocycles. The molecule has 4 nitrogen and oxygen atoms in total. The summed E-state index contributed by atoms with van der Waals surface area (Å²) in [6.07, 6.45) is 0.842. The molecule has 2 aromatic carbocycles. The normalized spacial score (nSPS) is 10.2. The van der Waals surface area contributed by atoms with Crippen LogP contribution in [0.3, 0.4) is 0 Å². The third-order valence-corrected chi connectivity index (χ3v) is 3.52. The molecule has 0 aliphatic rings. The highest BCUT2D eigenvalue weighted by molar-refractivity contribution is 6.30. The Morgan fingerprint density at radius 1 is 1.13 bits per heavy atom. The second-order valence-corrected chi connectivity index (χ2v) is 5.59. The first-order valence-electron chi connectivity index (χ1n) is 7.30. The first-order chi connectivity index (χ1) is 11.0. The summed E-state index contributed by atoms with van der Waals surface area (Å²) in [6, 6.07) is 14.8. The molecule has 1 amide bonds. The van der Waals surface area contributed by atoms with Crippen LogP contribution in [-0.2, 0) is 20.7 Å². The number of aryl methyl sites for hydroxylation is 2. The van der Waals surface area contributed by atoms with Crippen molar-refractivity contribution in [2.45, 2.75) is 19.8 Å². The molecule has 0 fully saturated rings. The number of hydrogen-bond acceptors (Lipinski definition) is 3. The van der Waals surface area contributed by atoms with Crippen LogP contribution >= 0.6 is 11.6 Å². The lowest BCUT2D eigenvalue weighted by atomic mass is 10.1. The smallest absolute Gasteiger partial charge is 0.306 e. The Hall–Kier alpha value is -2.33. The number of esters is 1. The Bertz CT molecular complexity index is 686. The van der Waals surface area contributed by atoms with Crippen molar-refractivity contribution in [2.75, 3.05) is 11.9 Å². The fourth-order valence-corrected chi connectivity index (χ4v) is 2.29. The molecule has 23 heavy (non-hydrogen) atoms. The van der Waals surface area contributed by atoms with E-state index in [1.54, 1.807) is 18.2 Å². The van der Waals surface area contributed by atoms with Crippen molar-refractivity contribution >= 4 is 29.2 Å². The molecule has 2 rings (SSSR count). The highest BCUT2D eigenvalue weighted by atomic mass is 35.5. The number of rotatable bonds is 6. The van der Waals surface area contributed by atoms with Crippen LogP contribution in [0.5, 0.6) is 0 Å². The van der Waals surface area contributed by atoms with Crippen LogP contribution in [0.25, 0.3) is 0 Å². The monoisotopic (exact) mass is 331 g/mol. The van der Waals surface area contributed by atoms with Gasteiger partial charge in [-0.15, -0.1) is 0 Å². The van der Waals surface area contributed by atoms with Gasteiger partial charge in [0.25, 0.3) is 5.91 Å². The Labute approximate surface area is 140 Å². The third kappa shape index (κ3) is 5.75. The average Bonchev–Trinajstić information content (AvgIpc) is 2.54. The summed E-state index contributed by atoms with van der Waals surface area (Å²) < 4.78 is 4.98. The van der Waals surface area contributed by atoms with Gasteiger partial charge in [-0.25, -0.2) is 0 Å². The third-order valence-electron chi connectivity index (χ3n) is 3.29. The van der Waals surface area contributed by atoms with E-state index in [4.69, 9.17) is 16.3 Å². The van der Waals surface area contributed by atoms with Crippen molar-refractivity contribution in [2.24, 2.45) is 0 Å². The van der Waals surface area contributed by atoms with E-state index in [2.05, 4.69) is 5.32 Å². The number of carbonyl (C=O) groups is 2. The Balaban J connectivity index is 1.74. The van der Waals surface area contributed by atoms with Gasteiger partial charge < -0.3 is 10.1 Å². The zero-order valence-electron chi connectivity index (χ0n) is 12.8. The van der Waals surface area contributed by atoms with Gasteiger partial charge >= 0.3 is 5.97 Å². The van der Waals surface area contributed by atoms with Crippen LogP contribution in [0, 0.1) is 6.92 Å². The minimum Gasteiger partial charge on any atom is -0.456 e. The van der Waals surface area contributed by atoms with E-state index in [0.717, 1.165) is 11.1 Å². The van der Waals surface area contributed by atoms with Crippen molar-refractivity contribution < 1.29 is 14.3 Å². The Morgan fingerprint density at radius 3 is 2.57 bits per heavy atom. The predicted molar refractivity (Wildman–Crippen MR) is 90.5 cm³/mol. The maximum atomic E-state index is 11.8. The number of ether oxygens (including phenoxy) is 1. The summed E-state index contributed by atoms with van der Waals surface area (Å²) in [5.74, 6) is -0.764. The zero-order valence-corrected chi connectivity index (χ0v) is 13.6. The molecule has 2 aromatic rings. The fourth-order valence-electron chi connectivity index (χ4n) is 2.06. The molecule has 1 N–H and O–H groups in total. The van der Waals surface area contributed by atoms with Crippen LogP contribution in [0.4, 0.5) is 5.69 Å². The van der Waals surface area contributed by atoms with Crippen LogP contribution in [0.2, 0.25) is 5.02 Å². The highest BCUT2D eigenvalue weighted by Gasteiger charge is 2.09. The molecule has 0 aromatic heterocycles. The van der Waals surface area contributed by atoms with Crippen molar-refractivity contribution in [1.82, 2.24) is 0 Å². The molecule has 5 heteroatoms. The lowest BCUT2D eigenvalue weighted by Crippen LogP contribution is -2.21. The molecule has 0 radical (unpaired) electrons. The molecule has 0 saturated carbocycles. The molecule has 0 aliphatic carbocycles. The maximum absolute atomic E-state index is 11.8. The van der Waals surface area contributed by atoms with Gasteiger partial charge in [0.05, 0.1) is 0 Å². The van der Waals surface area contributed by atoms with Crippen molar-refractivity contribution in [3.05, 3.63) is 64.7 Å². The first kappa shape index (κ1) is 17.0. The predicted octanol–water partition coefficient (Wildman–Crippen LogP) is 3.76. The summed E-state index contributed by atoms with van der Waals surface area (Å²) in [5.41, 5.74) is 2.56. The maximum Gasteiger partial charge on any atom is 0.306 e. The minimum absolute atomic E-state index is 0.247. The van der Waals surface area contributed by atoms with E-state index < -0.39 is 5.97 Å². The number of nitrogens with one attached hydrogen (secondary N) is 1. The van der Waals surface area contributed by atoms with Gasteiger partial charge in [-0.05, 0) is 42.7 Å². The highest BCUT2D eigenvalue weighted by Crippen LogP contribution is 2.19. The number of carbonyl (C=O) groups excluding carboxylic acids is 2. The average molecular weight is 332 g/mol. The van der Waals surface area contributed by atoms with E-state index in [9.17, 15) is 9.59 Å². The van der Waals surface area contributed by atoms with Crippen molar-refractivity contribution in [3.63, 3.8) is 0 Å². The Kier molecular flexibility index (Phi) is 6.18. The molecular weight excluding hydrogens is 314 g/mol. The van der Waals surface area contributed by atoms with Crippen LogP contribution in [0.1, 0.15) is 17.5 Å². The van der Waals surface area contributed by atoms with Crippen molar-refractivity contribution in [3.8, 4) is 0 Å². The lowest BCUT2D eigenvalue weighted by molar-refractivity contribution is -0.147. The van der Waals surface area contributed by atoms with Crippen LogP contribution < -0.4 is 5.32 Å². The van der Waals surface area contributed by atoms with Crippen molar-refractivity contribution in [1.29, 1.82) is 0 Å². The lowest BCUT2D eigenvalue weighted by Gasteiger charge is -2.09. The van der Waals surface area contributed by atoms with E-state index in [1.807, 2.05) is 37.3 Å². The molecule has 120 valence electrons. The SMILES string of the molecule is Cc1cc(Cl)ccc1NC(=O)COC(=O)CCc1ccccc1. The molecule has 0 bridgehead atoms.